The summed E-state index contributed by atoms with van der Waals surface area (Å²) in [6.45, 7) is 2.22. The molecule has 0 amide bonds. The first-order valence-corrected chi connectivity index (χ1v) is 6.25. The molecule has 88 valence electrons. The number of nitrogens with zero attached hydrogens (tertiary/aromatic N) is 2. The van der Waals surface area contributed by atoms with E-state index in [9.17, 15) is 0 Å². The molecule has 0 saturated carbocycles. The molecule has 1 N–H and O–H groups in total. The van der Waals surface area contributed by atoms with Crippen LogP contribution in [0.2, 0.25) is 0 Å². The fourth-order valence-electron chi connectivity index (χ4n) is 2.51. The molecule has 3 heteroatoms. The van der Waals surface area contributed by atoms with Gasteiger partial charge in [0.25, 0.3) is 0 Å². The molecule has 3 nitrogen and oxygen atoms in total. The van der Waals surface area contributed by atoms with Gasteiger partial charge in [0.05, 0.1) is 5.69 Å². The van der Waals surface area contributed by atoms with Crippen molar-refractivity contribution in [1.29, 1.82) is 0 Å². The van der Waals surface area contributed by atoms with E-state index < -0.39 is 0 Å². The largest absolute Gasteiger partial charge is 0.316 e. The second-order valence-corrected chi connectivity index (χ2v) is 4.55. The normalized spacial score (nSPS) is 20.4. The smallest absolute Gasteiger partial charge is 0.0648 e. The van der Waals surface area contributed by atoms with E-state index in [1.807, 2.05) is 12.3 Å². The van der Waals surface area contributed by atoms with Crippen molar-refractivity contribution in [2.45, 2.75) is 18.8 Å². The Morgan fingerprint density at radius 3 is 2.82 bits per heavy atom. The maximum Gasteiger partial charge on any atom is 0.0648 e. The van der Waals surface area contributed by atoms with Gasteiger partial charge in [0.1, 0.15) is 0 Å². The van der Waals surface area contributed by atoms with Crippen molar-refractivity contribution in [3.8, 4) is 5.69 Å². The summed E-state index contributed by atoms with van der Waals surface area (Å²) < 4.78 is 2.07. The summed E-state index contributed by atoms with van der Waals surface area (Å²) in [6.07, 6.45) is 4.41. The third kappa shape index (κ3) is 2.11. The molecule has 1 aromatic heterocycles. The maximum atomic E-state index is 4.45. The highest BCUT2D eigenvalue weighted by molar-refractivity contribution is 5.33. The van der Waals surface area contributed by atoms with E-state index in [-0.39, 0.29) is 0 Å². The van der Waals surface area contributed by atoms with Crippen LogP contribution in [0, 0.1) is 0 Å². The maximum absolute atomic E-state index is 4.45. The van der Waals surface area contributed by atoms with Gasteiger partial charge in [-0.05, 0) is 37.6 Å². The number of piperidine rings is 1. The Kier molecular flexibility index (Phi) is 2.92. The van der Waals surface area contributed by atoms with Crippen molar-refractivity contribution in [2.24, 2.45) is 0 Å². The third-order valence-electron chi connectivity index (χ3n) is 3.39. The lowest BCUT2D eigenvalue weighted by Crippen LogP contribution is -2.29. The standard InChI is InChI=1S/C14H17N3/c1-2-6-13(7-3-1)17-14(8-10-16-17)12-5-4-9-15-11-12/h1-3,6-8,10,12,15H,4-5,9,11H2. The number of benzene rings is 1. The lowest BCUT2D eigenvalue weighted by Gasteiger charge is -2.23. The zero-order valence-corrected chi connectivity index (χ0v) is 9.84. The van der Waals surface area contributed by atoms with Gasteiger partial charge >= 0.3 is 0 Å². The fourth-order valence-corrected chi connectivity index (χ4v) is 2.51. The van der Waals surface area contributed by atoms with Gasteiger partial charge in [0.2, 0.25) is 0 Å². The number of aromatic nitrogens is 2. The Labute approximate surface area is 101 Å². The van der Waals surface area contributed by atoms with Gasteiger partial charge in [-0.25, -0.2) is 4.68 Å². The Balaban J connectivity index is 1.93. The van der Waals surface area contributed by atoms with E-state index in [4.69, 9.17) is 0 Å². The molecule has 1 unspecified atom stereocenters. The molecule has 1 saturated heterocycles. The van der Waals surface area contributed by atoms with E-state index >= 15 is 0 Å². The van der Waals surface area contributed by atoms with Crippen LogP contribution in [0.5, 0.6) is 0 Å². The van der Waals surface area contributed by atoms with Crippen molar-refractivity contribution < 1.29 is 0 Å². The van der Waals surface area contributed by atoms with Gasteiger partial charge in [0, 0.05) is 24.4 Å². The molecule has 1 fully saturated rings. The summed E-state index contributed by atoms with van der Waals surface area (Å²) in [6, 6.07) is 12.5. The monoisotopic (exact) mass is 227 g/mol. The van der Waals surface area contributed by atoms with Crippen molar-refractivity contribution in [1.82, 2.24) is 15.1 Å². The molecule has 1 atom stereocenters. The van der Waals surface area contributed by atoms with Gasteiger partial charge < -0.3 is 5.32 Å². The molecular formula is C14H17N3. The van der Waals surface area contributed by atoms with Gasteiger partial charge in [-0.2, -0.15) is 5.10 Å². The molecule has 1 aliphatic heterocycles. The first-order chi connectivity index (χ1) is 8.45. The van der Waals surface area contributed by atoms with E-state index in [1.165, 1.54) is 18.5 Å². The van der Waals surface area contributed by atoms with E-state index in [0.29, 0.717) is 5.92 Å². The van der Waals surface area contributed by atoms with E-state index in [1.54, 1.807) is 0 Å². The zero-order valence-electron chi connectivity index (χ0n) is 9.84. The molecule has 2 heterocycles. The Morgan fingerprint density at radius 1 is 1.18 bits per heavy atom. The van der Waals surface area contributed by atoms with Crippen molar-refractivity contribution in [3.63, 3.8) is 0 Å². The van der Waals surface area contributed by atoms with E-state index in [2.05, 4.69) is 45.4 Å². The van der Waals surface area contributed by atoms with Crippen LogP contribution in [0.3, 0.4) is 0 Å². The predicted octanol–water partition coefficient (Wildman–Crippen LogP) is 2.34. The van der Waals surface area contributed by atoms with Crippen LogP contribution >= 0.6 is 0 Å². The molecule has 2 aromatic rings. The minimum atomic E-state index is 0.589. The molecule has 0 aliphatic carbocycles. The highest BCUT2D eigenvalue weighted by Crippen LogP contribution is 2.24. The molecule has 0 spiro atoms. The number of rotatable bonds is 2. The van der Waals surface area contributed by atoms with Crippen LogP contribution < -0.4 is 5.32 Å². The lowest BCUT2D eigenvalue weighted by molar-refractivity contribution is 0.447. The minimum absolute atomic E-state index is 0.589. The molecule has 0 bridgehead atoms. The second kappa shape index (κ2) is 4.72. The Bertz CT molecular complexity index is 469. The fraction of sp³-hybridized carbons (Fsp3) is 0.357. The molecule has 17 heavy (non-hydrogen) atoms. The predicted molar refractivity (Wildman–Crippen MR) is 68.4 cm³/mol. The van der Waals surface area contributed by atoms with Gasteiger partial charge in [-0.1, -0.05) is 18.2 Å². The van der Waals surface area contributed by atoms with Crippen molar-refractivity contribution in [3.05, 3.63) is 48.3 Å². The number of para-hydroxylation sites is 1. The number of hydrogen-bond donors (Lipinski definition) is 1. The lowest BCUT2D eigenvalue weighted by atomic mass is 9.96. The van der Waals surface area contributed by atoms with Gasteiger partial charge in [0.15, 0.2) is 0 Å². The van der Waals surface area contributed by atoms with Crippen LogP contribution in [0.1, 0.15) is 24.5 Å². The zero-order chi connectivity index (χ0) is 11.5. The summed E-state index contributed by atoms with van der Waals surface area (Å²) >= 11 is 0. The second-order valence-electron chi connectivity index (χ2n) is 4.55. The highest BCUT2D eigenvalue weighted by atomic mass is 15.3. The first kappa shape index (κ1) is 10.5. The molecule has 3 rings (SSSR count). The molecule has 0 radical (unpaired) electrons. The quantitative estimate of drug-likeness (QED) is 0.853. The van der Waals surface area contributed by atoms with Crippen LogP contribution in [0.25, 0.3) is 5.69 Å². The average Bonchev–Trinajstić information content (AvgIpc) is 2.90. The Morgan fingerprint density at radius 2 is 2.06 bits per heavy atom. The van der Waals surface area contributed by atoms with Crippen LogP contribution in [-0.2, 0) is 0 Å². The highest BCUT2D eigenvalue weighted by Gasteiger charge is 2.19. The van der Waals surface area contributed by atoms with Crippen LogP contribution in [-0.4, -0.2) is 22.9 Å². The molecule has 1 aliphatic rings. The topological polar surface area (TPSA) is 29.9 Å². The summed E-state index contributed by atoms with van der Waals surface area (Å²) in [5.74, 6) is 0.589. The molecular weight excluding hydrogens is 210 g/mol. The summed E-state index contributed by atoms with van der Waals surface area (Å²) in [5.41, 5.74) is 2.47. The summed E-state index contributed by atoms with van der Waals surface area (Å²) in [7, 11) is 0. The van der Waals surface area contributed by atoms with Crippen LogP contribution in [0.4, 0.5) is 0 Å². The Hall–Kier alpha value is -1.61. The number of nitrogens with one attached hydrogen (secondary N) is 1. The first-order valence-electron chi connectivity index (χ1n) is 6.25. The van der Waals surface area contributed by atoms with Crippen molar-refractivity contribution >= 4 is 0 Å². The summed E-state index contributed by atoms with van der Waals surface area (Å²) in [4.78, 5) is 0. The van der Waals surface area contributed by atoms with E-state index in [0.717, 1.165) is 18.8 Å². The molecule has 1 aromatic carbocycles. The van der Waals surface area contributed by atoms with Crippen molar-refractivity contribution in [2.75, 3.05) is 13.1 Å². The SMILES string of the molecule is c1ccc(-n2nccc2C2CCCNC2)cc1. The third-order valence-corrected chi connectivity index (χ3v) is 3.39. The van der Waals surface area contributed by atoms with Crippen LogP contribution in [0.15, 0.2) is 42.6 Å². The van der Waals surface area contributed by atoms with Gasteiger partial charge in [-0.3, -0.25) is 0 Å². The number of hydrogen-bond acceptors (Lipinski definition) is 2. The average molecular weight is 227 g/mol. The van der Waals surface area contributed by atoms with Gasteiger partial charge in [-0.15, -0.1) is 0 Å². The minimum Gasteiger partial charge on any atom is -0.316 e. The summed E-state index contributed by atoms with van der Waals surface area (Å²) in [5, 5.41) is 7.91.